The molecule has 0 saturated carbocycles. The molecule has 28 heavy (non-hydrogen) atoms. The van der Waals surface area contributed by atoms with Crippen LogP contribution >= 0.6 is 0 Å². The lowest BCUT2D eigenvalue weighted by Gasteiger charge is -2.33. The minimum absolute atomic E-state index is 0.124. The van der Waals surface area contributed by atoms with Gasteiger partial charge in [0.1, 0.15) is 0 Å². The van der Waals surface area contributed by atoms with Gasteiger partial charge in [0.15, 0.2) is 0 Å². The summed E-state index contributed by atoms with van der Waals surface area (Å²) in [4.78, 5) is 0.208. The van der Waals surface area contributed by atoms with E-state index in [9.17, 15) is 16.8 Å². The molecule has 2 fully saturated rings. The zero-order chi connectivity index (χ0) is 20.4. The Kier molecular flexibility index (Phi) is 6.78. The summed E-state index contributed by atoms with van der Waals surface area (Å²) in [5, 5.41) is 0. The molecule has 2 saturated heterocycles. The summed E-state index contributed by atoms with van der Waals surface area (Å²) in [5.74, 6) is 0.676. The summed E-state index contributed by atoms with van der Waals surface area (Å²) in [5.41, 5.74) is 0.711. The standard InChI is InChI=1S/C18H29N3O5S2/c1-15-11-16(2)14-21(13-15)28(24,25)19-12-17-3-5-18(6-4-17)27(22,23)20-7-9-26-10-8-20/h3-6,15-16,19H,7-14H2,1-2H3/t15-,16-/m0/s1. The van der Waals surface area contributed by atoms with E-state index >= 15 is 0 Å². The van der Waals surface area contributed by atoms with E-state index in [-0.39, 0.29) is 11.4 Å². The highest BCUT2D eigenvalue weighted by atomic mass is 32.2. The molecule has 2 heterocycles. The Hall–Kier alpha value is -1.04. The number of morpholine rings is 1. The third-order valence-corrected chi connectivity index (χ3v) is 8.57. The van der Waals surface area contributed by atoms with E-state index in [0.29, 0.717) is 56.8 Å². The number of nitrogens with one attached hydrogen (secondary N) is 1. The average Bonchev–Trinajstić information content (AvgIpc) is 2.67. The van der Waals surface area contributed by atoms with E-state index in [1.807, 2.05) is 0 Å². The van der Waals surface area contributed by atoms with E-state index in [1.54, 1.807) is 12.1 Å². The van der Waals surface area contributed by atoms with Crippen LogP contribution in [0.5, 0.6) is 0 Å². The van der Waals surface area contributed by atoms with Crippen LogP contribution in [-0.2, 0) is 31.5 Å². The van der Waals surface area contributed by atoms with Gasteiger partial charge in [-0.25, -0.2) is 8.42 Å². The van der Waals surface area contributed by atoms with Crippen LogP contribution in [0.4, 0.5) is 0 Å². The molecular weight excluding hydrogens is 402 g/mol. The van der Waals surface area contributed by atoms with Gasteiger partial charge in [0.05, 0.1) is 18.1 Å². The van der Waals surface area contributed by atoms with Crippen molar-refractivity contribution in [2.75, 3.05) is 39.4 Å². The molecule has 2 aliphatic rings. The van der Waals surface area contributed by atoms with Gasteiger partial charge in [-0.1, -0.05) is 26.0 Å². The van der Waals surface area contributed by atoms with Gasteiger partial charge in [-0.2, -0.15) is 21.8 Å². The maximum Gasteiger partial charge on any atom is 0.279 e. The van der Waals surface area contributed by atoms with Crippen molar-refractivity contribution < 1.29 is 21.6 Å². The third kappa shape index (κ3) is 5.11. The summed E-state index contributed by atoms with van der Waals surface area (Å²) in [6.07, 6.45) is 1.03. The second-order valence-electron chi connectivity index (χ2n) is 7.75. The lowest BCUT2D eigenvalue weighted by Crippen LogP contribution is -2.47. The molecule has 158 valence electrons. The maximum absolute atomic E-state index is 12.6. The highest BCUT2D eigenvalue weighted by Gasteiger charge is 2.30. The molecule has 1 N–H and O–H groups in total. The van der Waals surface area contributed by atoms with E-state index in [4.69, 9.17) is 4.74 Å². The van der Waals surface area contributed by atoms with Gasteiger partial charge in [-0.3, -0.25) is 0 Å². The molecule has 0 aliphatic carbocycles. The first-order valence-electron chi connectivity index (χ1n) is 9.60. The van der Waals surface area contributed by atoms with Crippen LogP contribution in [0, 0.1) is 11.8 Å². The SMILES string of the molecule is C[C@H]1C[C@H](C)CN(S(=O)(=O)NCc2ccc(S(=O)(=O)N3CCOCC3)cc2)C1. The molecule has 0 unspecified atom stereocenters. The van der Waals surface area contributed by atoms with Gasteiger partial charge in [0.25, 0.3) is 10.2 Å². The smallest absolute Gasteiger partial charge is 0.279 e. The molecule has 0 spiro atoms. The van der Waals surface area contributed by atoms with Gasteiger partial charge < -0.3 is 4.74 Å². The highest BCUT2D eigenvalue weighted by molar-refractivity contribution is 7.89. The van der Waals surface area contributed by atoms with Gasteiger partial charge in [-0.15, -0.1) is 0 Å². The molecule has 3 rings (SSSR count). The predicted octanol–water partition coefficient (Wildman–Crippen LogP) is 1.02. The number of ether oxygens (including phenoxy) is 1. The predicted molar refractivity (Wildman–Crippen MR) is 106 cm³/mol. The molecule has 1 aromatic carbocycles. The van der Waals surface area contributed by atoms with E-state index < -0.39 is 20.2 Å². The Morgan fingerprint density at radius 3 is 2.11 bits per heavy atom. The normalized spacial score (nSPS) is 25.6. The Balaban J connectivity index is 1.62. The van der Waals surface area contributed by atoms with Crippen LogP contribution in [0.3, 0.4) is 0 Å². The fourth-order valence-electron chi connectivity index (χ4n) is 3.78. The van der Waals surface area contributed by atoms with Crippen LogP contribution in [0.1, 0.15) is 25.8 Å². The Morgan fingerprint density at radius 2 is 1.54 bits per heavy atom. The van der Waals surface area contributed by atoms with Crippen molar-refractivity contribution in [3.05, 3.63) is 29.8 Å². The number of rotatable bonds is 6. The minimum atomic E-state index is -3.56. The molecule has 0 amide bonds. The molecule has 2 atom stereocenters. The zero-order valence-electron chi connectivity index (χ0n) is 16.4. The van der Waals surface area contributed by atoms with Gasteiger partial charge in [0, 0.05) is 32.7 Å². The maximum atomic E-state index is 12.6. The fourth-order valence-corrected chi connectivity index (χ4v) is 6.62. The summed E-state index contributed by atoms with van der Waals surface area (Å²) in [7, 11) is -7.11. The molecule has 0 radical (unpaired) electrons. The van der Waals surface area contributed by atoms with Crippen molar-refractivity contribution in [1.82, 2.24) is 13.3 Å². The topological polar surface area (TPSA) is 96.0 Å². The third-order valence-electron chi connectivity index (χ3n) is 5.17. The molecule has 0 aromatic heterocycles. The monoisotopic (exact) mass is 431 g/mol. The van der Waals surface area contributed by atoms with Crippen molar-refractivity contribution in [1.29, 1.82) is 0 Å². The first-order chi connectivity index (χ1) is 13.2. The molecule has 0 bridgehead atoms. The van der Waals surface area contributed by atoms with Crippen LogP contribution in [0.2, 0.25) is 0 Å². The van der Waals surface area contributed by atoms with Crippen molar-refractivity contribution in [2.24, 2.45) is 11.8 Å². The molecule has 8 nitrogen and oxygen atoms in total. The summed E-state index contributed by atoms with van der Waals surface area (Å²) < 4.78 is 61.2. The Bertz CT molecular complexity index is 855. The largest absolute Gasteiger partial charge is 0.379 e. The highest BCUT2D eigenvalue weighted by Crippen LogP contribution is 2.23. The van der Waals surface area contributed by atoms with Crippen molar-refractivity contribution >= 4 is 20.2 Å². The molecular formula is C18H29N3O5S2. The van der Waals surface area contributed by atoms with E-state index in [2.05, 4.69) is 18.6 Å². The number of hydrogen-bond donors (Lipinski definition) is 1. The number of piperidine rings is 1. The van der Waals surface area contributed by atoms with Crippen LogP contribution in [0.25, 0.3) is 0 Å². The first kappa shape index (κ1) is 21.7. The van der Waals surface area contributed by atoms with Crippen LogP contribution in [0.15, 0.2) is 29.2 Å². The lowest BCUT2D eigenvalue weighted by molar-refractivity contribution is 0.0730. The van der Waals surface area contributed by atoms with Crippen LogP contribution in [-0.4, -0.2) is 64.8 Å². The van der Waals surface area contributed by atoms with Crippen LogP contribution < -0.4 is 4.72 Å². The Morgan fingerprint density at radius 1 is 0.964 bits per heavy atom. The van der Waals surface area contributed by atoms with E-state index in [1.165, 1.54) is 20.7 Å². The number of hydrogen-bond acceptors (Lipinski definition) is 5. The van der Waals surface area contributed by atoms with Crippen molar-refractivity contribution in [2.45, 2.75) is 31.7 Å². The summed E-state index contributed by atoms with van der Waals surface area (Å²) in [6, 6.07) is 6.35. The fraction of sp³-hybridized carbons (Fsp3) is 0.667. The minimum Gasteiger partial charge on any atom is -0.379 e. The lowest BCUT2D eigenvalue weighted by atomic mass is 9.94. The average molecular weight is 432 g/mol. The molecule has 1 aromatic rings. The van der Waals surface area contributed by atoms with Gasteiger partial charge in [0.2, 0.25) is 10.0 Å². The first-order valence-corrected chi connectivity index (χ1v) is 12.5. The van der Waals surface area contributed by atoms with Gasteiger partial charge >= 0.3 is 0 Å². The molecule has 10 heteroatoms. The Labute approximate surface area is 168 Å². The number of nitrogens with zero attached hydrogens (tertiary/aromatic N) is 2. The van der Waals surface area contributed by atoms with Gasteiger partial charge in [-0.05, 0) is 36.0 Å². The van der Waals surface area contributed by atoms with Crippen molar-refractivity contribution in [3.63, 3.8) is 0 Å². The van der Waals surface area contributed by atoms with E-state index in [0.717, 1.165) is 6.42 Å². The zero-order valence-corrected chi connectivity index (χ0v) is 18.0. The second-order valence-corrected chi connectivity index (χ2v) is 11.4. The quantitative estimate of drug-likeness (QED) is 0.726. The molecule has 2 aliphatic heterocycles. The summed E-state index contributed by atoms with van der Waals surface area (Å²) in [6.45, 7) is 6.77. The summed E-state index contributed by atoms with van der Waals surface area (Å²) >= 11 is 0. The second kappa shape index (κ2) is 8.76. The van der Waals surface area contributed by atoms with Crippen molar-refractivity contribution in [3.8, 4) is 0 Å². The number of sulfonamides is 1. The number of benzene rings is 1.